The molecule has 1 aliphatic carbocycles. The van der Waals surface area contributed by atoms with Gasteiger partial charge in [-0.2, -0.15) is 0 Å². The maximum absolute atomic E-state index is 12.8. The van der Waals surface area contributed by atoms with Crippen LogP contribution >= 0.6 is 0 Å². The van der Waals surface area contributed by atoms with Crippen molar-refractivity contribution >= 4 is 11.6 Å². The van der Waals surface area contributed by atoms with Crippen LogP contribution in [0, 0.1) is 13.8 Å². The van der Waals surface area contributed by atoms with Crippen LogP contribution in [-0.4, -0.2) is 25.2 Å². The Hall–Kier alpha value is -2.89. The van der Waals surface area contributed by atoms with E-state index in [1.165, 1.54) is 32.1 Å². The maximum atomic E-state index is 12.8. The number of hydrogen-bond donors (Lipinski definition) is 1. The molecule has 0 bridgehead atoms. The number of carbonyl (C=O) groups excluding carboxylic acids is 1. The van der Waals surface area contributed by atoms with E-state index in [9.17, 15) is 4.79 Å². The summed E-state index contributed by atoms with van der Waals surface area (Å²) in [7, 11) is 0. The molecule has 1 fully saturated rings. The van der Waals surface area contributed by atoms with Crippen LogP contribution in [0.1, 0.15) is 65.7 Å². The molecule has 2 aliphatic rings. The Kier molecular flexibility index (Phi) is 4.49. The monoisotopic (exact) mass is 389 g/mol. The number of benzene rings is 1. The molecular weight excluding hydrogens is 362 g/mol. The molecule has 0 saturated heterocycles. The summed E-state index contributed by atoms with van der Waals surface area (Å²) in [6.45, 7) is 5.10. The zero-order valence-corrected chi connectivity index (χ0v) is 17.1. The van der Waals surface area contributed by atoms with Gasteiger partial charge in [-0.05, 0) is 69.9 Å². The second kappa shape index (κ2) is 7.17. The molecule has 5 rings (SSSR count). The number of nitrogens with zero attached hydrogens (tertiary/aromatic N) is 4. The van der Waals surface area contributed by atoms with E-state index in [2.05, 4.69) is 31.6 Å². The maximum Gasteiger partial charge on any atom is 0.257 e. The highest BCUT2D eigenvalue weighted by atomic mass is 16.1. The van der Waals surface area contributed by atoms with Gasteiger partial charge >= 0.3 is 0 Å². The molecule has 0 unspecified atom stereocenters. The van der Waals surface area contributed by atoms with Gasteiger partial charge < -0.3 is 14.5 Å². The van der Waals surface area contributed by atoms with Crippen molar-refractivity contribution in [2.24, 2.45) is 0 Å². The molecule has 6 heteroatoms. The molecule has 1 aliphatic heterocycles. The lowest BCUT2D eigenvalue weighted by Gasteiger charge is -2.10. The lowest BCUT2D eigenvalue weighted by molar-refractivity contribution is 0.102. The molecule has 1 saturated carbocycles. The third-order valence-electron chi connectivity index (χ3n) is 6.15. The number of fused-ring (bicyclic) bond motifs is 1. The van der Waals surface area contributed by atoms with Gasteiger partial charge in [-0.1, -0.05) is 6.42 Å². The first kappa shape index (κ1) is 18.2. The van der Waals surface area contributed by atoms with E-state index in [4.69, 9.17) is 0 Å². The number of aromatic nitrogens is 4. The standard InChI is InChI=1S/C23H27N5O/c1-15-14-20(16(2)28(15)19-11-12-19)23(29)24-18-9-7-17(8-10-18)22-26-25-21-6-4-3-5-13-27(21)22/h7-10,14,19H,3-6,11-13H2,1-2H3,(H,24,29). The summed E-state index contributed by atoms with van der Waals surface area (Å²) < 4.78 is 4.54. The highest BCUT2D eigenvalue weighted by Crippen LogP contribution is 2.38. The summed E-state index contributed by atoms with van der Waals surface area (Å²) in [5.41, 5.74) is 4.82. The van der Waals surface area contributed by atoms with Crippen molar-refractivity contribution in [2.45, 2.75) is 65.0 Å². The normalized spacial score (nSPS) is 16.3. The van der Waals surface area contributed by atoms with Crippen LogP contribution in [0.15, 0.2) is 30.3 Å². The Labute approximate surface area is 171 Å². The predicted octanol–water partition coefficient (Wildman–Crippen LogP) is 4.68. The number of hydrogen-bond acceptors (Lipinski definition) is 3. The summed E-state index contributed by atoms with van der Waals surface area (Å²) in [4.78, 5) is 12.8. The van der Waals surface area contributed by atoms with Crippen LogP contribution in [-0.2, 0) is 13.0 Å². The van der Waals surface area contributed by atoms with Gasteiger partial charge in [0.25, 0.3) is 5.91 Å². The van der Waals surface area contributed by atoms with Crippen LogP contribution in [0.4, 0.5) is 5.69 Å². The van der Waals surface area contributed by atoms with E-state index in [-0.39, 0.29) is 5.91 Å². The number of carbonyl (C=O) groups is 1. The van der Waals surface area contributed by atoms with Crippen molar-refractivity contribution in [3.63, 3.8) is 0 Å². The second-order valence-corrected chi connectivity index (χ2v) is 8.32. The fourth-order valence-corrected chi connectivity index (χ4v) is 4.50. The van der Waals surface area contributed by atoms with Crippen LogP contribution < -0.4 is 5.32 Å². The molecule has 2 aromatic heterocycles. The largest absolute Gasteiger partial charge is 0.345 e. The fraction of sp³-hybridized carbons (Fsp3) is 0.435. The van der Waals surface area contributed by atoms with Crippen LogP contribution in [0.3, 0.4) is 0 Å². The smallest absolute Gasteiger partial charge is 0.257 e. The van der Waals surface area contributed by atoms with Gasteiger partial charge in [-0.3, -0.25) is 4.79 Å². The number of nitrogens with one attached hydrogen (secondary N) is 1. The number of aryl methyl sites for hydroxylation is 2. The molecule has 3 heterocycles. The highest BCUT2D eigenvalue weighted by Gasteiger charge is 2.28. The van der Waals surface area contributed by atoms with E-state index in [1.807, 2.05) is 37.3 Å². The van der Waals surface area contributed by atoms with Gasteiger partial charge in [0, 0.05) is 41.6 Å². The fourth-order valence-electron chi connectivity index (χ4n) is 4.50. The number of rotatable bonds is 4. The first-order chi connectivity index (χ1) is 14.1. The molecule has 1 N–H and O–H groups in total. The molecule has 6 nitrogen and oxygen atoms in total. The Balaban J connectivity index is 1.34. The molecule has 0 spiro atoms. The summed E-state index contributed by atoms with van der Waals surface area (Å²) in [6, 6.07) is 10.5. The Bertz CT molecular complexity index is 1060. The van der Waals surface area contributed by atoms with E-state index in [0.29, 0.717) is 6.04 Å². The third-order valence-corrected chi connectivity index (χ3v) is 6.15. The minimum absolute atomic E-state index is 0.0471. The van der Waals surface area contributed by atoms with E-state index < -0.39 is 0 Å². The Morgan fingerprint density at radius 1 is 1.07 bits per heavy atom. The van der Waals surface area contributed by atoms with Gasteiger partial charge in [-0.15, -0.1) is 10.2 Å². The van der Waals surface area contributed by atoms with Crippen molar-refractivity contribution < 1.29 is 4.79 Å². The molecule has 0 atom stereocenters. The highest BCUT2D eigenvalue weighted by molar-refractivity contribution is 6.05. The minimum Gasteiger partial charge on any atom is -0.345 e. The summed E-state index contributed by atoms with van der Waals surface area (Å²) in [5.74, 6) is 1.96. The topological polar surface area (TPSA) is 64.7 Å². The molecule has 1 amide bonds. The van der Waals surface area contributed by atoms with Crippen molar-refractivity contribution in [3.05, 3.63) is 53.1 Å². The Morgan fingerprint density at radius 3 is 2.62 bits per heavy atom. The number of anilines is 1. The van der Waals surface area contributed by atoms with Crippen molar-refractivity contribution in [2.75, 3.05) is 5.32 Å². The van der Waals surface area contributed by atoms with Gasteiger partial charge in [0.1, 0.15) is 5.82 Å². The lowest BCUT2D eigenvalue weighted by Crippen LogP contribution is -2.13. The first-order valence-electron chi connectivity index (χ1n) is 10.6. The van der Waals surface area contributed by atoms with Gasteiger partial charge in [0.05, 0.1) is 5.56 Å². The zero-order chi connectivity index (χ0) is 20.0. The van der Waals surface area contributed by atoms with Gasteiger partial charge in [0.15, 0.2) is 5.82 Å². The SMILES string of the molecule is Cc1cc(C(=O)Nc2ccc(-c3nnc4n3CCCCC4)cc2)c(C)n1C1CC1. The lowest BCUT2D eigenvalue weighted by atomic mass is 10.1. The quantitative estimate of drug-likeness (QED) is 0.705. The predicted molar refractivity (Wildman–Crippen MR) is 113 cm³/mol. The van der Waals surface area contributed by atoms with Crippen LogP contribution in [0.25, 0.3) is 11.4 Å². The second-order valence-electron chi connectivity index (χ2n) is 8.32. The molecule has 150 valence electrons. The third kappa shape index (κ3) is 3.37. The minimum atomic E-state index is -0.0471. The van der Waals surface area contributed by atoms with Gasteiger partial charge in [0.2, 0.25) is 0 Å². The average Bonchev–Trinajstić information content (AvgIpc) is 3.45. The van der Waals surface area contributed by atoms with Crippen molar-refractivity contribution in [3.8, 4) is 11.4 Å². The molecular formula is C23H27N5O. The summed E-state index contributed by atoms with van der Waals surface area (Å²) in [5, 5.41) is 11.8. The summed E-state index contributed by atoms with van der Waals surface area (Å²) >= 11 is 0. The van der Waals surface area contributed by atoms with Crippen LogP contribution in [0.5, 0.6) is 0 Å². The Morgan fingerprint density at radius 2 is 1.86 bits per heavy atom. The molecule has 0 radical (unpaired) electrons. The number of amides is 1. The van der Waals surface area contributed by atoms with Crippen LogP contribution in [0.2, 0.25) is 0 Å². The molecule has 29 heavy (non-hydrogen) atoms. The van der Waals surface area contributed by atoms with E-state index >= 15 is 0 Å². The zero-order valence-electron chi connectivity index (χ0n) is 17.1. The van der Waals surface area contributed by atoms with Crippen molar-refractivity contribution in [1.29, 1.82) is 0 Å². The summed E-state index contributed by atoms with van der Waals surface area (Å²) in [6.07, 6.45) is 7.03. The van der Waals surface area contributed by atoms with E-state index in [1.54, 1.807) is 0 Å². The average molecular weight is 390 g/mol. The first-order valence-corrected chi connectivity index (χ1v) is 10.6. The van der Waals surface area contributed by atoms with Gasteiger partial charge in [-0.25, -0.2) is 0 Å². The molecule has 3 aromatic rings. The molecule has 1 aromatic carbocycles. The van der Waals surface area contributed by atoms with E-state index in [0.717, 1.165) is 52.8 Å². The van der Waals surface area contributed by atoms with Crippen molar-refractivity contribution in [1.82, 2.24) is 19.3 Å².